The van der Waals surface area contributed by atoms with Crippen molar-refractivity contribution in [2.24, 2.45) is 5.92 Å². The molecule has 1 aromatic carbocycles. The van der Waals surface area contributed by atoms with Gasteiger partial charge in [-0.1, -0.05) is 23.2 Å². The smallest absolute Gasteiger partial charge is 0.253 e. The van der Waals surface area contributed by atoms with Crippen molar-refractivity contribution in [2.45, 2.75) is 12.8 Å². The topological polar surface area (TPSA) is 49.9 Å². The molecule has 2 aliphatic rings. The molecule has 5 nitrogen and oxygen atoms in total. The molecular weight excluding hydrogens is 351 g/mol. The summed E-state index contributed by atoms with van der Waals surface area (Å²) in [6, 6.07) is 4.91. The van der Waals surface area contributed by atoms with Crippen molar-refractivity contribution in [1.82, 2.24) is 9.80 Å². The molecule has 7 heteroatoms. The molecule has 0 atom stereocenters. The van der Waals surface area contributed by atoms with Crippen LogP contribution in [0.5, 0.6) is 0 Å². The third kappa shape index (κ3) is 3.85. The van der Waals surface area contributed by atoms with Crippen LogP contribution < -0.4 is 0 Å². The number of amides is 2. The molecule has 2 heterocycles. The Balaban J connectivity index is 1.57. The maximum atomic E-state index is 12.6. The fourth-order valence-corrected chi connectivity index (χ4v) is 3.48. The Labute approximate surface area is 151 Å². The number of benzene rings is 1. The lowest BCUT2D eigenvalue weighted by molar-refractivity contribution is -0.141. The van der Waals surface area contributed by atoms with Gasteiger partial charge < -0.3 is 14.5 Å². The van der Waals surface area contributed by atoms with E-state index in [0.29, 0.717) is 67.8 Å². The SMILES string of the molecule is O=C(c1ccc(Cl)c(Cl)c1)N1CCC(C(=O)N2CCOCC2)CC1. The van der Waals surface area contributed by atoms with E-state index in [-0.39, 0.29) is 17.7 Å². The molecule has 0 N–H and O–H groups in total. The molecule has 24 heavy (non-hydrogen) atoms. The first-order valence-electron chi connectivity index (χ1n) is 8.17. The average Bonchev–Trinajstić information content (AvgIpc) is 2.63. The first-order valence-corrected chi connectivity index (χ1v) is 8.92. The van der Waals surface area contributed by atoms with Crippen molar-refractivity contribution in [3.63, 3.8) is 0 Å². The van der Waals surface area contributed by atoms with Crippen molar-refractivity contribution in [1.29, 1.82) is 0 Å². The molecular formula is C17H20Cl2N2O3. The number of likely N-dealkylation sites (tertiary alicyclic amines) is 1. The van der Waals surface area contributed by atoms with Crippen LogP contribution in [-0.4, -0.2) is 61.0 Å². The molecule has 0 spiro atoms. The van der Waals surface area contributed by atoms with Crippen LogP contribution in [0.15, 0.2) is 18.2 Å². The van der Waals surface area contributed by atoms with Gasteiger partial charge in [0.05, 0.1) is 23.3 Å². The summed E-state index contributed by atoms with van der Waals surface area (Å²) in [5.74, 6) is 0.131. The van der Waals surface area contributed by atoms with Gasteiger partial charge in [-0.3, -0.25) is 9.59 Å². The zero-order valence-corrected chi connectivity index (χ0v) is 14.9. The molecule has 2 amide bonds. The quantitative estimate of drug-likeness (QED) is 0.803. The number of halogens is 2. The third-order valence-electron chi connectivity index (χ3n) is 4.62. The van der Waals surface area contributed by atoms with E-state index >= 15 is 0 Å². The Morgan fingerprint density at radius 2 is 1.62 bits per heavy atom. The number of ether oxygens (including phenoxy) is 1. The minimum Gasteiger partial charge on any atom is -0.378 e. The van der Waals surface area contributed by atoms with Gasteiger partial charge in [0.2, 0.25) is 5.91 Å². The number of carbonyl (C=O) groups is 2. The van der Waals surface area contributed by atoms with Gasteiger partial charge in [0, 0.05) is 37.7 Å². The highest BCUT2D eigenvalue weighted by Crippen LogP contribution is 2.25. The number of morpholine rings is 1. The first kappa shape index (κ1) is 17.5. The monoisotopic (exact) mass is 370 g/mol. The number of rotatable bonds is 2. The van der Waals surface area contributed by atoms with Gasteiger partial charge in [-0.25, -0.2) is 0 Å². The standard InChI is InChI=1S/C17H20Cl2N2O3/c18-14-2-1-13(11-15(14)19)17(23)20-5-3-12(4-6-20)16(22)21-7-9-24-10-8-21/h1-2,11-12H,3-10H2. The second-order valence-corrected chi connectivity index (χ2v) is 6.95. The van der Waals surface area contributed by atoms with Crippen LogP contribution in [0.2, 0.25) is 10.0 Å². The van der Waals surface area contributed by atoms with Crippen LogP contribution in [-0.2, 0) is 9.53 Å². The Kier molecular flexibility index (Phi) is 5.64. The Morgan fingerprint density at radius 1 is 0.958 bits per heavy atom. The largest absolute Gasteiger partial charge is 0.378 e. The summed E-state index contributed by atoms with van der Waals surface area (Å²) in [5, 5.41) is 0.808. The first-order chi connectivity index (χ1) is 11.6. The van der Waals surface area contributed by atoms with E-state index in [0.717, 1.165) is 0 Å². The lowest BCUT2D eigenvalue weighted by Crippen LogP contribution is -2.47. The van der Waals surface area contributed by atoms with Crippen LogP contribution in [0.25, 0.3) is 0 Å². The summed E-state index contributed by atoms with van der Waals surface area (Å²) in [6.07, 6.45) is 1.40. The fraction of sp³-hybridized carbons (Fsp3) is 0.529. The number of hydrogen-bond acceptors (Lipinski definition) is 3. The van der Waals surface area contributed by atoms with Gasteiger partial charge in [-0.05, 0) is 31.0 Å². The Hall–Kier alpha value is -1.30. The van der Waals surface area contributed by atoms with E-state index in [1.54, 1.807) is 23.1 Å². The summed E-state index contributed by atoms with van der Waals surface area (Å²) in [5.41, 5.74) is 0.530. The molecule has 0 radical (unpaired) electrons. The summed E-state index contributed by atoms with van der Waals surface area (Å²) >= 11 is 11.9. The number of hydrogen-bond donors (Lipinski definition) is 0. The second-order valence-electron chi connectivity index (χ2n) is 6.13. The highest BCUT2D eigenvalue weighted by atomic mass is 35.5. The van der Waals surface area contributed by atoms with E-state index < -0.39 is 0 Å². The van der Waals surface area contributed by atoms with Gasteiger partial charge in [-0.2, -0.15) is 0 Å². The molecule has 130 valence electrons. The van der Waals surface area contributed by atoms with Crippen LogP contribution in [0.1, 0.15) is 23.2 Å². The van der Waals surface area contributed by atoms with Crippen molar-refractivity contribution >= 4 is 35.0 Å². The molecule has 0 unspecified atom stereocenters. The number of nitrogens with zero attached hydrogens (tertiary/aromatic N) is 2. The zero-order valence-electron chi connectivity index (χ0n) is 13.3. The lowest BCUT2D eigenvalue weighted by atomic mass is 9.94. The minimum absolute atomic E-state index is 0.000885. The van der Waals surface area contributed by atoms with Crippen molar-refractivity contribution in [3.8, 4) is 0 Å². The van der Waals surface area contributed by atoms with Crippen LogP contribution >= 0.6 is 23.2 Å². The van der Waals surface area contributed by atoms with Gasteiger partial charge in [0.15, 0.2) is 0 Å². The van der Waals surface area contributed by atoms with E-state index in [1.165, 1.54) is 0 Å². The van der Waals surface area contributed by atoms with E-state index in [9.17, 15) is 9.59 Å². The lowest BCUT2D eigenvalue weighted by Gasteiger charge is -2.35. The van der Waals surface area contributed by atoms with Crippen LogP contribution in [0, 0.1) is 5.92 Å². The third-order valence-corrected chi connectivity index (χ3v) is 5.36. The molecule has 2 aliphatic heterocycles. The molecule has 3 rings (SSSR count). The van der Waals surface area contributed by atoms with Gasteiger partial charge in [-0.15, -0.1) is 0 Å². The summed E-state index contributed by atoms with van der Waals surface area (Å²) < 4.78 is 5.29. The van der Waals surface area contributed by atoms with E-state index in [2.05, 4.69) is 0 Å². The number of carbonyl (C=O) groups excluding carboxylic acids is 2. The highest BCUT2D eigenvalue weighted by molar-refractivity contribution is 6.42. The predicted octanol–water partition coefficient (Wildman–Crippen LogP) is 2.70. The van der Waals surface area contributed by atoms with E-state index in [4.69, 9.17) is 27.9 Å². The Morgan fingerprint density at radius 3 is 2.25 bits per heavy atom. The maximum absolute atomic E-state index is 12.6. The van der Waals surface area contributed by atoms with Crippen molar-refractivity contribution in [3.05, 3.63) is 33.8 Å². The number of piperidine rings is 1. The Bertz CT molecular complexity index is 624. The minimum atomic E-state index is -0.0640. The molecule has 0 bridgehead atoms. The fourth-order valence-electron chi connectivity index (χ4n) is 3.18. The summed E-state index contributed by atoms with van der Waals surface area (Å²) in [7, 11) is 0. The van der Waals surface area contributed by atoms with Crippen LogP contribution in [0.4, 0.5) is 0 Å². The molecule has 0 aromatic heterocycles. The maximum Gasteiger partial charge on any atom is 0.253 e. The molecule has 1 aromatic rings. The normalized spacial score (nSPS) is 19.4. The molecule has 0 saturated carbocycles. The van der Waals surface area contributed by atoms with Crippen molar-refractivity contribution < 1.29 is 14.3 Å². The highest BCUT2D eigenvalue weighted by Gasteiger charge is 2.31. The summed E-state index contributed by atoms with van der Waals surface area (Å²) in [4.78, 5) is 28.7. The molecule has 2 fully saturated rings. The van der Waals surface area contributed by atoms with Gasteiger partial charge in [0.1, 0.15) is 0 Å². The van der Waals surface area contributed by atoms with Crippen LogP contribution in [0.3, 0.4) is 0 Å². The second kappa shape index (κ2) is 7.72. The zero-order chi connectivity index (χ0) is 17.1. The van der Waals surface area contributed by atoms with Gasteiger partial charge >= 0.3 is 0 Å². The van der Waals surface area contributed by atoms with E-state index in [1.807, 2.05) is 4.90 Å². The predicted molar refractivity (Wildman–Crippen MR) is 92.5 cm³/mol. The molecule has 2 saturated heterocycles. The average molecular weight is 371 g/mol. The van der Waals surface area contributed by atoms with Gasteiger partial charge in [0.25, 0.3) is 5.91 Å². The van der Waals surface area contributed by atoms with Crippen molar-refractivity contribution in [2.75, 3.05) is 39.4 Å². The summed E-state index contributed by atoms with van der Waals surface area (Å²) in [6.45, 7) is 3.73. The molecule has 0 aliphatic carbocycles.